The van der Waals surface area contributed by atoms with Crippen LogP contribution in [-0.4, -0.2) is 79.2 Å². The lowest BCUT2D eigenvalue weighted by atomic mass is 10.0. The average molecular weight is 1100 g/mol. The predicted octanol–water partition coefficient (Wildman–Crippen LogP) is 11.0. The molecule has 4 aliphatic rings. The van der Waals surface area contributed by atoms with Crippen molar-refractivity contribution in [2.24, 2.45) is 17.8 Å². The van der Waals surface area contributed by atoms with Crippen molar-refractivity contribution in [1.29, 1.82) is 0 Å². The van der Waals surface area contributed by atoms with E-state index in [1.807, 2.05) is 152 Å². The molecule has 15 rings (SSSR count). The Morgan fingerprint density at radius 3 is 1.06 bits per heavy atom. The lowest BCUT2D eigenvalue weighted by Crippen LogP contribution is -2.25. The van der Waals surface area contributed by atoms with Crippen molar-refractivity contribution in [3.8, 4) is 44.9 Å². The first-order valence-electron chi connectivity index (χ1n) is 27.9. The maximum absolute atomic E-state index is 12.6. The topological polar surface area (TPSA) is 224 Å². The zero-order valence-electron chi connectivity index (χ0n) is 44.9. The van der Waals surface area contributed by atoms with Crippen molar-refractivity contribution >= 4 is 64.2 Å². The maximum Gasteiger partial charge on any atom is 0.251 e. The van der Waals surface area contributed by atoms with E-state index in [0.29, 0.717) is 57.5 Å². The summed E-state index contributed by atoms with van der Waals surface area (Å²) in [7, 11) is 0. The van der Waals surface area contributed by atoms with Gasteiger partial charge in [-0.1, -0.05) is 140 Å². The molecule has 18 heteroatoms. The van der Waals surface area contributed by atoms with Gasteiger partial charge in [0.2, 0.25) is 35.6 Å². The molecule has 6 heterocycles. The number of aromatic nitrogens is 9. The van der Waals surface area contributed by atoms with Gasteiger partial charge in [-0.05, 0) is 111 Å². The van der Waals surface area contributed by atoms with Gasteiger partial charge >= 0.3 is 0 Å². The molecular weight excluding hydrogens is 1040 g/mol. The summed E-state index contributed by atoms with van der Waals surface area (Å²) in [5.41, 5.74) is 11.8. The van der Waals surface area contributed by atoms with E-state index in [9.17, 15) is 24.0 Å². The van der Waals surface area contributed by atoms with Crippen LogP contribution in [0.15, 0.2) is 188 Å². The van der Waals surface area contributed by atoms with E-state index in [-0.39, 0.29) is 47.2 Å². The molecule has 4 amide bonds. The highest BCUT2D eigenvalue weighted by Gasteiger charge is 2.32. The molecule has 4 N–H and O–H groups in total. The number of nitrogens with one attached hydrogen (secondary N) is 4. The van der Waals surface area contributed by atoms with E-state index in [1.165, 1.54) is 11.1 Å². The summed E-state index contributed by atoms with van der Waals surface area (Å²) in [6.07, 6.45) is 7.78. The number of anilines is 3. The Bertz CT molecular complexity index is 4220. The molecule has 0 radical (unpaired) electrons. The van der Waals surface area contributed by atoms with E-state index in [1.54, 1.807) is 13.5 Å². The number of pyridine rings is 3. The zero-order valence-corrected chi connectivity index (χ0v) is 44.9. The van der Waals surface area contributed by atoms with Crippen molar-refractivity contribution in [3.63, 3.8) is 0 Å². The number of carbonyl (C=O) groups excluding carboxylic acids is 5. The smallest absolute Gasteiger partial charge is 0.251 e. The third kappa shape index (κ3) is 12.0. The highest BCUT2D eigenvalue weighted by molar-refractivity contribution is 6.09. The molecule has 5 aromatic carbocycles. The van der Waals surface area contributed by atoms with Crippen LogP contribution in [-0.2, 0) is 14.4 Å². The van der Waals surface area contributed by atoms with Crippen molar-refractivity contribution < 1.29 is 24.0 Å². The standard InChI is InChI=1S/C23H18N4O2.C22H18N4O.C20H19N5O2/c28-21(16-5-2-1-3-6-16)17-11-9-15(10-12-17)19-7-4-8-20-24-23(26-27(19)20)25-22(29)18-13-14-18;27-21(18-13-14-18)24-22-23-20-8-4-7-19(26(20)25-22)17-11-9-16(10-12-17)15-5-2-1-3-6-15;26-18(21-15-10-11-15)13-6-4-12(5-7-13)16-2-1-3-17-22-20(24-25(16)17)23-19(27)14-8-9-14/h1-12,18H,13-14H2,(H,25,26,29);1-12,18H,13-14H2,(H,24,25,27);1-7,14-15H,8-11H2,(H,21,26)(H,23,24,27). The first kappa shape index (κ1) is 51.9. The molecule has 0 saturated heterocycles. The average Bonchev–Trinajstić information content (AvgIpc) is 4.49. The molecule has 410 valence electrons. The summed E-state index contributed by atoms with van der Waals surface area (Å²) in [6.45, 7) is 0. The molecule has 0 aliphatic heterocycles. The second-order valence-corrected chi connectivity index (χ2v) is 21.2. The number of carbonyl (C=O) groups is 5. The van der Waals surface area contributed by atoms with Crippen LogP contribution in [0.1, 0.15) is 77.6 Å². The van der Waals surface area contributed by atoms with Crippen molar-refractivity contribution in [2.45, 2.75) is 57.4 Å². The van der Waals surface area contributed by atoms with Gasteiger partial charge in [0, 0.05) is 57.2 Å². The number of amides is 4. The van der Waals surface area contributed by atoms with Crippen LogP contribution in [0, 0.1) is 17.8 Å². The molecule has 6 aromatic heterocycles. The molecule has 4 aliphatic carbocycles. The summed E-state index contributed by atoms with van der Waals surface area (Å²) >= 11 is 0. The Kier molecular flexibility index (Phi) is 14.1. The fourth-order valence-corrected chi connectivity index (χ4v) is 9.50. The highest BCUT2D eigenvalue weighted by Crippen LogP contribution is 2.33. The number of nitrogens with zero attached hydrogens (tertiary/aromatic N) is 9. The highest BCUT2D eigenvalue weighted by atomic mass is 16.2. The molecule has 11 aromatic rings. The van der Waals surface area contributed by atoms with Gasteiger partial charge in [-0.15, -0.1) is 15.3 Å². The van der Waals surface area contributed by atoms with E-state index < -0.39 is 0 Å². The van der Waals surface area contributed by atoms with Gasteiger partial charge < -0.3 is 5.32 Å². The van der Waals surface area contributed by atoms with Crippen LogP contribution in [0.25, 0.3) is 61.8 Å². The summed E-state index contributed by atoms with van der Waals surface area (Å²) < 4.78 is 5.19. The predicted molar refractivity (Wildman–Crippen MR) is 315 cm³/mol. The van der Waals surface area contributed by atoms with Crippen molar-refractivity contribution in [1.82, 2.24) is 49.1 Å². The molecule has 0 unspecified atom stereocenters. The molecule has 0 bridgehead atoms. The molecule has 4 saturated carbocycles. The van der Waals surface area contributed by atoms with E-state index in [0.717, 1.165) is 85.1 Å². The van der Waals surface area contributed by atoms with Crippen molar-refractivity contribution in [2.75, 3.05) is 16.0 Å². The van der Waals surface area contributed by atoms with Gasteiger partial charge in [0.15, 0.2) is 22.7 Å². The number of hydrogen-bond donors (Lipinski definition) is 4. The van der Waals surface area contributed by atoms with Gasteiger partial charge in [0.1, 0.15) is 0 Å². The molecule has 4 fully saturated rings. The first-order chi connectivity index (χ1) is 40.6. The quantitative estimate of drug-likeness (QED) is 0.0750. The number of hydrogen-bond acceptors (Lipinski definition) is 11. The monoisotopic (exact) mass is 1100 g/mol. The van der Waals surface area contributed by atoms with Crippen LogP contribution < -0.4 is 21.3 Å². The Hall–Kier alpha value is -10.5. The third-order valence-electron chi connectivity index (χ3n) is 14.8. The van der Waals surface area contributed by atoms with Gasteiger partial charge in [-0.2, -0.15) is 15.0 Å². The number of fused-ring (bicyclic) bond motifs is 3. The van der Waals surface area contributed by atoms with Crippen LogP contribution in [0.5, 0.6) is 0 Å². The Balaban J connectivity index is 0.000000117. The van der Waals surface area contributed by atoms with E-state index in [2.05, 4.69) is 87.9 Å². The zero-order chi connectivity index (χ0) is 56.4. The number of benzene rings is 5. The summed E-state index contributed by atoms with van der Waals surface area (Å²) in [4.78, 5) is 73.9. The van der Waals surface area contributed by atoms with E-state index in [4.69, 9.17) is 0 Å². The Morgan fingerprint density at radius 1 is 0.337 bits per heavy atom. The lowest BCUT2D eigenvalue weighted by molar-refractivity contribution is -0.118. The second kappa shape index (κ2) is 22.6. The summed E-state index contributed by atoms with van der Waals surface area (Å²) in [5, 5.41) is 24.8. The molecule has 0 atom stereocenters. The van der Waals surface area contributed by atoms with Crippen LogP contribution in [0.2, 0.25) is 0 Å². The summed E-state index contributed by atoms with van der Waals surface area (Å²) in [5.74, 6) is 1.24. The van der Waals surface area contributed by atoms with Gasteiger partial charge in [0.05, 0.1) is 17.1 Å². The minimum atomic E-state index is -0.0342. The number of rotatable bonds is 14. The fourth-order valence-electron chi connectivity index (χ4n) is 9.50. The van der Waals surface area contributed by atoms with E-state index >= 15 is 0 Å². The van der Waals surface area contributed by atoms with Crippen LogP contribution in [0.3, 0.4) is 0 Å². The van der Waals surface area contributed by atoms with Crippen LogP contribution in [0.4, 0.5) is 17.8 Å². The Labute approximate surface area is 476 Å². The SMILES string of the molecule is O=C(NC1CC1)c1ccc(-c2cccc3nc(NC(=O)C4CC4)nn23)cc1.O=C(Nc1nc2cccc(-c3ccc(-c4ccccc4)cc3)n2n1)C1CC1.O=C(c1ccccc1)c1ccc(-c2cccc3nc(NC(=O)C4CC4)nn23)cc1. The summed E-state index contributed by atoms with van der Waals surface area (Å²) in [6, 6.07) is 60.3. The fraction of sp³-hybridized carbons (Fsp3) is 0.185. The second-order valence-electron chi connectivity index (χ2n) is 21.2. The molecule has 18 nitrogen and oxygen atoms in total. The van der Waals surface area contributed by atoms with Crippen molar-refractivity contribution in [3.05, 3.63) is 205 Å². The minimum absolute atomic E-state index is 0.0128. The minimum Gasteiger partial charge on any atom is -0.349 e. The maximum atomic E-state index is 12.6. The van der Waals surface area contributed by atoms with Gasteiger partial charge in [-0.25, -0.2) is 13.5 Å². The molecule has 83 heavy (non-hydrogen) atoms. The normalized spacial score (nSPS) is 14.4. The largest absolute Gasteiger partial charge is 0.349 e. The Morgan fingerprint density at radius 2 is 0.675 bits per heavy atom. The molecule has 0 spiro atoms. The first-order valence-corrected chi connectivity index (χ1v) is 27.9. The third-order valence-corrected chi connectivity index (χ3v) is 14.8. The molecular formula is C65H55N13O5. The van der Waals surface area contributed by atoms with Gasteiger partial charge in [0.25, 0.3) is 5.91 Å². The lowest BCUT2D eigenvalue weighted by Gasteiger charge is -2.06. The van der Waals surface area contributed by atoms with Crippen LogP contribution >= 0.6 is 0 Å². The number of ketones is 1. The van der Waals surface area contributed by atoms with Gasteiger partial charge in [-0.3, -0.25) is 39.9 Å².